The number of rotatable bonds is 4. The number of carboxylic acid groups (broad SMARTS) is 1. The van der Waals surface area contributed by atoms with E-state index in [0.717, 1.165) is 12.8 Å². The van der Waals surface area contributed by atoms with Crippen molar-refractivity contribution in [3.05, 3.63) is 0 Å². The van der Waals surface area contributed by atoms with Crippen molar-refractivity contribution in [2.24, 2.45) is 5.92 Å². The van der Waals surface area contributed by atoms with Crippen molar-refractivity contribution in [3.8, 4) is 0 Å². The molecule has 1 unspecified atom stereocenters. The van der Waals surface area contributed by atoms with Gasteiger partial charge in [0, 0.05) is 0 Å². The number of sulfone groups is 1. The fourth-order valence-corrected chi connectivity index (χ4v) is 4.21. The van der Waals surface area contributed by atoms with Crippen LogP contribution in [0.1, 0.15) is 46.0 Å². The molecule has 1 N–H and O–H groups in total. The van der Waals surface area contributed by atoms with E-state index in [1.54, 1.807) is 0 Å². The monoisotopic (exact) mass is 248 g/mol. The van der Waals surface area contributed by atoms with Crippen molar-refractivity contribution in [1.82, 2.24) is 0 Å². The lowest BCUT2D eigenvalue weighted by Gasteiger charge is -2.27. The summed E-state index contributed by atoms with van der Waals surface area (Å²) in [7, 11) is -3.26. The van der Waals surface area contributed by atoms with Gasteiger partial charge in [-0.1, -0.05) is 6.92 Å². The number of hydrogen-bond acceptors (Lipinski definition) is 3. The summed E-state index contributed by atoms with van der Waals surface area (Å²) in [4.78, 5) is 10.5. The van der Waals surface area contributed by atoms with E-state index in [0.29, 0.717) is 18.8 Å². The summed E-state index contributed by atoms with van der Waals surface area (Å²) in [6.07, 6.45) is 2.96. The first kappa shape index (κ1) is 13.5. The summed E-state index contributed by atoms with van der Waals surface area (Å²) < 4.78 is 24.1. The smallest absolute Gasteiger partial charge is 0.304 e. The van der Waals surface area contributed by atoms with Gasteiger partial charge in [-0.3, -0.25) is 4.79 Å². The van der Waals surface area contributed by atoms with Gasteiger partial charge in [0.1, 0.15) is 0 Å². The van der Waals surface area contributed by atoms with Crippen molar-refractivity contribution in [1.29, 1.82) is 0 Å². The third-order valence-electron chi connectivity index (χ3n) is 3.45. The average Bonchev–Trinajstić information content (AvgIpc) is 2.17. The number of aliphatic carboxylic acids is 1. The molecule has 4 nitrogen and oxygen atoms in total. The van der Waals surface area contributed by atoms with Crippen molar-refractivity contribution in [2.45, 2.75) is 56.5 Å². The molecule has 0 aromatic rings. The second-order valence-corrected chi connectivity index (χ2v) is 7.53. The van der Waals surface area contributed by atoms with Crippen LogP contribution in [0, 0.1) is 5.92 Å². The van der Waals surface area contributed by atoms with E-state index in [9.17, 15) is 13.2 Å². The van der Waals surface area contributed by atoms with Crippen LogP contribution >= 0.6 is 0 Å². The van der Waals surface area contributed by atoms with Crippen LogP contribution in [-0.2, 0) is 14.6 Å². The van der Waals surface area contributed by atoms with Crippen LogP contribution in [0.4, 0.5) is 0 Å². The summed E-state index contributed by atoms with van der Waals surface area (Å²) in [6, 6.07) is 0. The maximum Gasteiger partial charge on any atom is 0.304 e. The van der Waals surface area contributed by atoms with Crippen molar-refractivity contribution in [3.63, 3.8) is 0 Å². The van der Waals surface area contributed by atoms with Crippen molar-refractivity contribution in [2.75, 3.05) is 0 Å². The Balaban J connectivity index is 2.66. The zero-order valence-corrected chi connectivity index (χ0v) is 10.7. The predicted molar refractivity (Wildman–Crippen MR) is 62.1 cm³/mol. The first-order chi connectivity index (χ1) is 7.34. The summed E-state index contributed by atoms with van der Waals surface area (Å²) in [6.45, 7) is 3.63. The fraction of sp³-hybridized carbons (Fsp3) is 0.909. The fourth-order valence-electron chi connectivity index (χ4n) is 2.25. The Morgan fingerprint density at radius 2 is 1.81 bits per heavy atom. The van der Waals surface area contributed by atoms with E-state index in [-0.39, 0.29) is 11.7 Å². The Bertz CT molecular complexity index is 339. The van der Waals surface area contributed by atoms with Crippen LogP contribution in [0.2, 0.25) is 0 Å². The third kappa shape index (κ3) is 3.20. The second-order valence-electron chi connectivity index (χ2n) is 4.88. The van der Waals surface area contributed by atoms with Crippen molar-refractivity contribution < 1.29 is 18.3 Å². The molecule has 94 valence electrons. The van der Waals surface area contributed by atoms with Crippen LogP contribution in [-0.4, -0.2) is 30.0 Å². The molecule has 0 aromatic heterocycles. The van der Waals surface area contributed by atoms with Crippen LogP contribution in [0.25, 0.3) is 0 Å². The molecule has 0 heterocycles. The van der Waals surface area contributed by atoms with E-state index in [1.165, 1.54) is 6.92 Å². The maximum atomic E-state index is 12.1. The maximum absolute atomic E-state index is 12.1. The minimum atomic E-state index is -3.26. The van der Waals surface area contributed by atoms with E-state index < -0.39 is 21.1 Å². The molecule has 0 spiro atoms. The standard InChI is InChI=1S/C11H20O4S/c1-8-3-5-10(6-4-8)16(14,15)9(2)7-11(12)13/h8-10H,3-7H2,1-2H3,(H,12,13). The topological polar surface area (TPSA) is 71.4 Å². The molecular weight excluding hydrogens is 228 g/mol. The molecular formula is C11H20O4S. The summed E-state index contributed by atoms with van der Waals surface area (Å²) in [5.74, 6) is -0.443. The largest absolute Gasteiger partial charge is 0.481 e. The molecule has 1 saturated carbocycles. The third-order valence-corrected chi connectivity index (χ3v) is 6.14. The van der Waals surface area contributed by atoms with Crippen molar-refractivity contribution >= 4 is 15.8 Å². The molecule has 1 aliphatic carbocycles. The van der Waals surface area contributed by atoms with Gasteiger partial charge in [-0.15, -0.1) is 0 Å². The first-order valence-corrected chi connectivity index (χ1v) is 7.39. The highest BCUT2D eigenvalue weighted by molar-refractivity contribution is 7.92. The molecule has 5 heteroatoms. The normalized spacial score (nSPS) is 28.6. The minimum absolute atomic E-state index is 0.283. The molecule has 1 fully saturated rings. The lowest BCUT2D eigenvalue weighted by Crippen LogP contribution is -2.34. The van der Waals surface area contributed by atoms with Gasteiger partial charge < -0.3 is 5.11 Å². The molecule has 1 atom stereocenters. The summed E-state index contributed by atoms with van der Waals surface area (Å²) in [5, 5.41) is 7.54. The molecule has 1 rings (SSSR count). The van der Waals surface area contributed by atoms with Gasteiger partial charge >= 0.3 is 5.97 Å². The predicted octanol–water partition coefficient (Wildman–Crippen LogP) is 1.84. The quantitative estimate of drug-likeness (QED) is 0.824. The zero-order valence-electron chi connectivity index (χ0n) is 9.85. The number of carbonyl (C=O) groups is 1. The number of carboxylic acids is 1. The van der Waals surface area contributed by atoms with Gasteiger partial charge in [0.15, 0.2) is 9.84 Å². The Labute approximate surface area is 97.0 Å². The molecule has 0 aliphatic heterocycles. The van der Waals surface area contributed by atoms with E-state index in [4.69, 9.17) is 5.11 Å². The zero-order chi connectivity index (χ0) is 12.3. The molecule has 0 aromatic carbocycles. The van der Waals surface area contributed by atoms with Gasteiger partial charge in [0.05, 0.1) is 16.9 Å². The van der Waals surface area contributed by atoms with E-state index >= 15 is 0 Å². The van der Waals surface area contributed by atoms with Gasteiger partial charge in [-0.25, -0.2) is 8.42 Å². The summed E-state index contributed by atoms with van der Waals surface area (Å²) in [5.41, 5.74) is 0. The van der Waals surface area contributed by atoms with E-state index in [2.05, 4.69) is 6.92 Å². The lowest BCUT2D eigenvalue weighted by atomic mass is 9.91. The highest BCUT2D eigenvalue weighted by atomic mass is 32.2. The Kier molecular flexibility index (Phi) is 4.35. The summed E-state index contributed by atoms with van der Waals surface area (Å²) >= 11 is 0. The SMILES string of the molecule is CC1CCC(S(=O)(=O)C(C)CC(=O)O)CC1. The van der Waals surface area contributed by atoms with Crippen LogP contribution in [0.3, 0.4) is 0 Å². The highest BCUT2D eigenvalue weighted by Crippen LogP contribution is 2.30. The van der Waals surface area contributed by atoms with Crippen LogP contribution < -0.4 is 0 Å². The van der Waals surface area contributed by atoms with E-state index in [1.807, 2.05) is 0 Å². The second kappa shape index (κ2) is 5.17. The minimum Gasteiger partial charge on any atom is -0.481 e. The lowest BCUT2D eigenvalue weighted by molar-refractivity contribution is -0.136. The average molecular weight is 248 g/mol. The molecule has 0 saturated heterocycles. The molecule has 0 amide bonds. The van der Waals surface area contributed by atoms with Gasteiger partial charge in [0.2, 0.25) is 0 Å². The Hall–Kier alpha value is -0.580. The van der Waals surface area contributed by atoms with Gasteiger partial charge in [-0.2, -0.15) is 0 Å². The molecule has 1 aliphatic rings. The molecule has 0 radical (unpaired) electrons. The number of hydrogen-bond donors (Lipinski definition) is 1. The molecule has 16 heavy (non-hydrogen) atoms. The Morgan fingerprint density at radius 1 is 1.31 bits per heavy atom. The molecule has 0 bridgehead atoms. The first-order valence-electron chi connectivity index (χ1n) is 5.78. The Morgan fingerprint density at radius 3 is 2.25 bits per heavy atom. The van der Waals surface area contributed by atoms with Gasteiger partial charge in [-0.05, 0) is 38.5 Å². The van der Waals surface area contributed by atoms with Gasteiger partial charge in [0.25, 0.3) is 0 Å². The van der Waals surface area contributed by atoms with Crippen LogP contribution in [0.15, 0.2) is 0 Å². The van der Waals surface area contributed by atoms with Crippen LogP contribution in [0.5, 0.6) is 0 Å². The highest BCUT2D eigenvalue weighted by Gasteiger charge is 2.34.